The Labute approximate surface area is 152 Å². The van der Waals surface area contributed by atoms with Gasteiger partial charge in [-0.15, -0.1) is 11.3 Å². The lowest BCUT2D eigenvalue weighted by Gasteiger charge is -2.01. The summed E-state index contributed by atoms with van der Waals surface area (Å²) in [5.41, 5.74) is 9.50. The van der Waals surface area contributed by atoms with Crippen molar-refractivity contribution in [2.45, 2.75) is 12.8 Å². The van der Waals surface area contributed by atoms with E-state index in [9.17, 15) is 4.79 Å². The minimum absolute atomic E-state index is 0.268. The van der Waals surface area contributed by atoms with Gasteiger partial charge in [0.2, 0.25) is 5.91 Å². The highest BCUT2D eigenvalue weighted by Gasteiger charge is 2.07. The Bertz CT molecular complexity index is 827. The summed E-state index contributed by atoms with van der Waals surface area (Å²) in [7, 11) is 0. The second kappa shape index (κ2) is 7.23. The van der Waals surface area contributed by atoms with E-state index in [4.69, 9.17) is 10.7 Å². The van der Waals surface area contributed by atoms with E-state index in [1.165, 1.54) is 3.57 Å². The average Bonchev–Trinajstić information content (AvgIpc) is 3.03. The molecule has 2 aromatic carbocycles. The van der Waals surface area contributed by atoms with E-state index in [0.29, 0.717) is 12.8 Å². The lowest BCUT2D eigenvalue weighted by Crippen LogP contribution is -2.11. The number of halogens is 1. The van der Waals surface area contributed by atoms with E-state index in [-0.39, 0.29) is 5.91 Å². The molecule has 0 aliphatic rings. The number of carbonyl (C=O) groups is 1. The van der Waals surface area contributed by atoms with Crippen LogP contribution in [0.25, 0.3) is 21.8 Å². The molecular weight excluding hydrogens is 419 g/mol. The smallest absolute Gasteiger partial charge is 0.217 e. The van der Waals surface area contributed by atoms with Gasteiger partial charge in [0, 0.05) is 26.5 Å². The minimum Gasteiger partial charge on any atom is -0.370 e. The second-order valence-electron chi connectivity index (χ2n) is 5.21. The Kier molecular flexibility index (Phi) is 5.07. The van der Waals surface area contributed by atoms with Crippen LogP contribution in [0.3, 0.4) is 0 Å². The number of nitrogens with zero attached hydrogens (tertiary/aromatic N) is 1. The summed E-state index contributed by atoms with van der Waals surface area (Å²) in [5.74, 6) is -0.268. The predicted octanol–water partition coefficient (Wildman–Crippen LogP) is 4.50. The van der Waals surface area contributed by atoms with E-state index in [0.717, 1.165) is 27.4 Å². The molecule has 3 rings (SSSR count). The van der Waals surface area contributed by atoms with Crippen LogP contribution in [0, 0.1) is 3.57 Å². The molecule has 3 aromatic rings. The van der Waals surface area contributed by atoms with Crippen molar-refractivity contribution in [3.05, 3.63) is 63.0 Å². The van der Waals surface area contributed by atoms with Crippen molar-refractivity contribution in [1.29, 1.82) is 0 Å². The fraction of sp³-hybridized carbons (Fsp3) is 0.111. The Hall–Kier alpha value is -1.73. The van der Waals surface area contributed by atoms with Crippen LogP contribution in [0.1, 0.15) is 12.0 Å². The van der Waals surface area contributed by atoms with Crippen LogP contribution in [-0.4, -0.2) is 10.9 Å². The van der Waals surface area contributed by atoms with Crippen LogP contribution in [0.2, 0.25) is 0 Å². The lowest BCUT2D eigenvalue weighted by molar-refractivity contribution is -0.117. The number of amides is 1. The van der Waals surface area contributed by atoms with Gasteiger partial charge in [-0.05, 0) is 46.7 Å². The van der Waals surface area contributed by atoms with Crippen LogP contribution < -0.4 is 5.73 Å². The molecule has 0 fully saturated rings. The van der Waals surface area contributed by atoms with Crippen LogP contribution >= 0.6 is 33.9 Å². The quantitative estimate of drug-likeness (QED) is 0.602. The van der Waals surface area contributed by atoms with Gasteiger partial charge in [-0.25, -0.2) is 4.98 Å². The van der Waals surface area contributed by atoms with Gasteiger partial charge in [0.05, 0.1) is 5.69 Å². The van der Waals surface area contributed by atoms with E-state index < -0.39 is 0 Å². The van der Waals surface area contributed by atoms with Crippen LogP contribution in [0.5, 0.6) is 0 Å². The Morgan fingerprint density at radius 1 is 1.13 bits per heavy atom. The third-order valence-corrected chi connectivity index (χ3v) is 5.05. The van der Waals surface area contributed by atoms with Gasteiger partial charge in [-0.1, -0.05) is 36.4 Å². The number of benzene rings is 2. The van der Waals surface area contributed by atoms with Crippen molar-refractivity contribution in [3.8, 4) is 21.8 Å². The molecule has 0 bridgehead atoms. The Morgan fingerprint density at radius 2 is 1.91 bits per heavy atom. The largest absolute Gasteiger partial charge is 0.370 e. The molecule has 0 unspecified atom stereocenters. The number of aromatic nitrogens is 1. The van der Waals surface area contributed by atoms with Crippen molar-refractivity contribution in [3.63, 3.8) is 0 Å². The van der Waals surface area contributed by atoms with Gasteiger partial charge in [0.25, 0.3) is 0 Å². The maximum Gasteiger partial charge on any atom is 0.217 e. The van der Waals surface area contributed by atoms with Crippen LogP contribution in [-0.2, 0) is 11.2 Å². The molecule has 1 amide bonds. The molecule has 5 heteroatoms. The molecule has 1 aromatic heterocycles. The van der Waals surface area contributed by atoms with Crippen molar-refractivity contribution >= 4 is 39.8 Å². The fourth-order valence-electron chi connectivity index (χ4n) is 2.27. The standard InChI is InChI=1S/C18H15IN2OS/c19-15-3-1-2-14(10-15)18-21-16(11-23-18)13-7-4-12(5-8-13)6-9-17(20)22/h1-5,7-8,10-11H,6,9H2,(H2,20,22). The molecule has 0 spiro atoms. The summed E-state index contributed by atoms with van der Waals surface area (Å²) in [6.45, 7) is 0. The van der Waals surface area contributed by atoms with E-state index in [1.54, 1.807) is 11.3 Å². The summed E-state index contributed by atoms with van der Waals surface area (Å²) in [5, 5.41) is 3.10. The first-order valence-electron chi connectivity index (χ1n) is 7.21. The van der Waals surface area contributed by atoms with Crippen LogP contribution in [0.4, 0.5) is 0 Å². The topological polar surface area (TPSA) is 56.0 Å². The molecule has 3 nitrogen and oxygen atoms in total. The van der Waals surface area contributed by atoms with E-state index in [1.807, 2.05) is 30.3 Å². The van der Waals surface area contributed by atoms with Gasteiger partial charge in [0.15, 0.2) is 0 Å². The zero-order chi connectivity index (χ0) is 16.2. The van der Waals surface area contributed by atoms with Gasteiger partial charge in [-0.3, -0.25) is 4.79 Å². The molecule has 2 N–H and O–H groups in total. The second-order valence-corrected chi connectivity index (χ2v) is 7.32. The Balaban J connectivity index is 1.79. The van der Waals surface area contributed by atoms with Gasteiger partial charge in [-0.2, -0.15) is 0 Å². The number of hydrogen-bond acceptors (Lipinski definition) is 3. The molecule has 0 aliphatic heterocycles. The highest BCUT2D eigenvalue weighted by molar-refractivity contribution is 14.1. The van der Waals surface area contributed by atoms with Gasteiger partial charge >= 0.3 is 0 Å². The van der Waals surface area contributed by atoms with E-state index in [2.05, 4.69) is 46.2 Å². The zero-order valence-corrected chi connectivity index (χ0v) is 15.3. The highest BCUT2D eigenvalue weighted by atomic mass is 127. The number of rotatable bonds is 5. The zero-order valence-electron chi connectivity index (χ0n) is 12.3. The van der Waals surface area contributed by atoms with Crippen molar-refractivity contribution < 1.29 is 4.79 Å². The fourth-order valence-corrected chi connectivity index (χ4v) is 3.64. The summed E-state index contributed by atoms with van der Waals surface area (Å²) < 4.78 is 1.20. The molecule has 0 aliphatic carbocycles. The monoisotopic (exact) mass is 434 g/mol. The average molecular weight is 434 g/mol. The third-order valence-electron chi connectivity index (χ3n) is 3.49. The molecule has 0 radical (unpaired) electrons. The summed E-state index contributed by atoms with van der Waals surface area (Å²) in [4.78, 5) is 15.6. The highest BCUT2D eigenvalue weighted by Crippen LogP contribution is 2.29. The first-order valence-corrected chi connectivity index (χ1v) is 9.17. The van der Waals surface area contributed by atoms with Crippen molar-refractivity contribution in [1.82, 2.24) is 4.98 Å². The molecule has 0 atom stereocenters. The predicted molar refractivity (Wildman–Crippen MR) is 103 cm³/mol. The minimum atomic E-state index is -0.268. The van der Waals surface area contributed by atoms with Gasteiger partial charge in [0.1, 0.15) is 5.01 Å². The van der Waals surface area contributed by atoms with Gasteiger partial charge < -0.3 is 5.73 Å². The Morgan fingerprint density at radius 3 is 2.61 bits per heavy atom. The summed E-state index contributed by atoms with van der Waals surface area (Å²) in [6, 6.07) is 16.5. The molecule has 23 heavy (non-hydrogen) atoms. The maximum absolute atomic E-state index is 10.8. The number of thiazole rings is 1. The number of nitrogens with two attached hydrogens (primary N) is 1. The van der Waals surface area contributed by atoms with Crippen LogP contribution in [0.15, 0.2) is 53.9 Å². The third kappa shape index (κ3) is 4.17. The number of hydrogen-bond donors (Lipinski definition) is 1. The molecule has 0 saturated carbocycles. The molecular formula is C18H15IN2OS. The molecule has 116 valence electrons. The number of primary amides is 1. The van der Waals surface area contributed by atoms with Crippen molar-refractivity contribution in [2.24, 2.45) is 5.73 Å². The normalized spacial score (nSPS) is 10.7. The first kappa shape index (κ1) is 16.1. The number of carbonyl (C=O) groups excluding carboxylic acids is 1. The SMILES string of the molecule is NC(=O)CCc1ccc(-c2csc(-c3cccc(I)c3)n2)cc1. The maximum atomic E-state index is 10.8. The summed E-state index contributed by atoms with van der Waals surface area (Å²) in [6.07, 6.45) is 1.06. The van der Waals surface area contributed by atoms with Crippen molar-refractivity contribution in [2.75, 3.05) is 0 Å². The number of aryl methyl sites for hydroxylation is 1. The summed E-state index contributed by atoms with van der Waals surface area (Å²) >= 11 is 3.96. The molecule has 0 saturated heterocycles. The van der Waals surface area contributed by atoms with E-state index >= 15 is 0 Å². The molecule has 1 heterocycles. The first-order chi connectivity index (χ1) is 11.1. The lowest BCUT2D eigenvalue weighted by atomic mass is 10.1.